The van der Waals surface area contributed by atoms with Gasteiger partial charge >= 0.3 is 12.5 Å². The van der Waals surface area contributed by atoms with Gasteiger partial charge in [-0.25, -0.2) is 4.79 Å². The lowest BCUT2D eigenvalue weighted by Gasteiger charge is -2.24. The molecule has 1 aliphatic rings. The van der Waals surface area contributed by atoms with E-state index in [-0.39, 0.29) is 17.5 Å². The maximum atomic E-state index is 12.2. The van der Waals surface area contributed by atoms with E-state index in [1.54, 1.807) is 0 Å². The third-order valence-corrected chi connectivity index (χ3v) is 4.68. The summed E-state index contributed by atoms with van der Waals surface area (Å²) >= 11 is 0. The van der Waals surface area contributed by atoms with Crippen LogP contribution in [0.15, 0.2) is 28.8 Å². The maximum absolute atomic E-state index is 12.2. The van der Waals surface area contributed by atoms with Crippen LogP contribution < -0.4 is 10.1 Å². The van der Waals surface area contributed by atoms with Gasteiger partial charge in [-0.15, -0.1) is 13.2 Å². The van der Waals surface area contributed by atoms with Crippen molar-refractivity contribution in [1.29, 1.82) is 0 Å². The van der Waals surface area contributed by atoms with Crippen LogP contribution >= 0.6 is 0 Å². The summed E-state index contributed by atoms with van der Waals surface area (Å²) in [5.74, 6) is 0.315. The number of amides is 1. The number of benzene rings is 1. The number of alkyl halides is 3. The molecule has 28 heavy (non-hydrogen) atoms. The fraction of sp³-hybridized carbons (Fsp3) is 0.500. The summed E-state index contributed by atoms with van der Waals surface area (Å²) < 4.78 is 45.8. The van der Waals surface area contributed by atoms with Gasteiger partial charge in [-0.05, 0) is 36.6 Å². The van der Waals surface area contributed by atoms with E-state index < -0.39 is 18.5 Å². The van der Waals surface area contributed by atoms with Gasteiger partial charge in [0.05, 0.1) is 0 Å². The number of carboxylic acid groups (broad SMARTS) is 1. The van der Waals surface area contributed by atoms with Crippen molar-refractivity contribution < 1.29 is 32.3 Å². The van der Waals surface area contributed by atoms with Crippen molar-refractivity contribution in [3.63, 3.8) is 0 Å². The third kappa shape index (κ3) is 5.61. The van der Waals surface area contributed by atoms with Gasteiger partial charge < -0.3 is 19.7 Å². The van der Waals surface area contributed by atoms with Gasteiger partial charge in [-0.1, -0.05) is 37.3 Å². The second-order valence-corrected chi connectivity index (χ2v) is 6.77. The Labute approximate surface area is 158 Å². The largest absolute Gasteiger partial charge is 0.573 e. The SMILES string of the molecule is O=C(O)N[C@H](CC1CCCCC1)c1nc(-c2ccc(OC(F)(F)F)cc2)no1. The molecule has 3 rings (SSSR count). The molecule has 1 aliphatic carbocycles. The summed E-state index contributed by atoms with van der Waals surface area (Å²) in [6.07, 6.45) is 0.0829. The van der Waals surface area contributed by atoms with Crippen LogP contribution in [-0.4, -0.2) is 27.7 Å². The number of hydrogen-bond donors (Lipinski definition) is 2. The second-order valence-electron chi connectivity index (χ2n) is 6.77. The predicted octanol–water partition coefficient (Wildman–Crippen LogP) is 4.91. The van der Waals surface area contributed by atoms with E-state index >= 15 is 0 Å². The summed E-state index contributed by atoms with van der Waals surface area (Å²) in [5.41, 5.74) is 0.427. The molecular formula is C18H20F3N3O4. The minimum absolute atomic E-state index is 0.138. The molecule has 10 heteroatoms. The first kappa shape index (κ1) is 20.0. The lowest BCUT2D eigenvalue weighted by molar-refractivity contribution is -0.274. The van der Waals surface area contributed by atoms with Crippen LogP contribution in [0.1, 0.15) is 50.5 Å². The van der Waals surface area contributed by atoms with Crippen LogP contribution in [0.5, 0.6) is 5.75 Å². The molecule has 152 valence electrons. The Morgan fingerprint density at radius 2 is 1.93 bits per heavy atom. The summed E-state index contributed by atoms with van der Waals surface area (Å²) in [6, 6.07) is 4.41. The molecule has 0 aliphatic heterocycles. The number of carbonyl (C=O) groups is 1. The highest BCUT2D eigenvalue weighted by molar-refractivity contribution is 5.65. The van der Waals surface area contributed by atoms with Crippen LogP contribution in [0, 0.1) is 5.92 Å². The molecule has 2 aromatic rings. The van der Waals surface area contributed by atoms with Gasteiger partial charge in [0.15, 0.2) is 0 Å². The van der Waals surface area contributed by atoms with E-state index in [4.69, 9.17) is 9.63 Å². The van der Waals surface area contributed by atoms with Crippen molar-refractivity contribution in [2.24, 2.45) is 5.92 Å². The molecule has 0 spiro atoms. The monoisotopic (exact) mass is 399 g/mol. The molecule has 7 nitrogen and oxygen atoms in total. The van der Waals surface area contributed by atoms with Gasteiger partial charge in [-0.3, -0.25) is 0 Å². The Morgan fingerprint density at radius 1 is 1.25 bits per heavy atom. The highest BCUT2D eigenvalue weighted by atomic mass is 19.4. The molecule has 0 radical (unpaired) electrons. The Hall–Kier alpha value is -2.78. The summed E-state index contributed by atoms with van der Waals surface area (Å²) in [5, 5.41) is 15.4. The molecule has 1 atom stereocenters. The first-order valence-corrected chi connectivity index (χ1v) is 8.99. The standard InChI is InChI=1S/C18H20F3N3O4/c19-18(20,21)27-13-8-6-12(7-9-13)15-23-16(28-24-15)14(22-17(25)26)10-11-4-2-1-3-5-11/h6-9,11,14,22H,1-5,10H2,(H,25,26)/t14-/m1/s1. The number of nitrogens with zero attached hydrogens (tertiary/aromatic N) is 2. The van der Waals surface area contributed by atoms with Crippen molar-refractivity contribution in [3.8, 4) is 17.1 Å². The third-order valence-electron chi connectivity index (χ3n) is 4.68. The highest BCUT2D eigenvalue weighted by Gasteiger charge is 2.31. The normalized spacial score (nSPS) is 16.5. The molecule has 0 bridgehead atoms. The van der Waals surface area contributed by atoms with E-state index in [2.05, 4.69) is 20.2 Å². The Bertz CT molecular complexity index is 786. The molecule has 1 amide bonds. The van der Waals surface area contributed by atoms with Crippen molar-refractivity contribution in [2.75, 3.05) is 0 Å². The quantitative estimate of drug-likeness (QED) is 0.716. The fourth-order valence-corrected chi connectivity index (χ4v) is 3.43. The average molecular weight is 399 g/mol. The fourth-order valence-electron chi connectivity index (χ4n) is 3.43. The van der Waals surface area contributed by atoms with Crippen LogP contribution in [-0.2, 0) is 0 Å². The first-order chi connectivity index (χ1) is 13.3. The van der Waals surface area contributed by atoms with Gasteiger partial charge in [-0.2, -0.15) is 4.98 Å². The summed E-state index contributed by atoms with van der Waals surface area (Å²) in [6.45, 7) is 0. The Balaban J connectivity index is 1.73. The topological polar surface area (TPSA) is 97.5 Å². The van der Waals surface area contributed by atoms with Gasteiger partial charge in [0.25, 0.3) is 0 Å². The second kappa shape index (κ2) is 8.49. The van der Waals surface area contributed by atoms with Gasteiger partial charge in [0, 0.05) is 5.56 Å². The predicted molar refractivity (Wildman–Crippen MR) is 91.5 cm³/mol. The molecule has 2 N–H and O–H groups in total. The van der Waals surface area contributed by atoms with Crippen molar-refractivity contribution in [2.45, 2.75) is 50.9 Å². The van der Waals surface area contributed by atoms with Crippen molar-refractivity contribution in [3.05, 3.63) is 30.2 Å². The number of rotatable bonds is 6. The molecule has 0 unspecified atom stereocenters. The van der Waals surface area contributed by atoms with Crippen molar-refractivity contribution in [1.82, 2.24) is 15.5 Å². The molecule has 0 saturated heterocycles. The minimum Gasteiger partial charge on any atom is -0.465 e. The molecule has 1 saturated carbocycles. The molecule has 1 aromatic carbocycles. The number of ether oxygens (including phenoxy) is 1. The lowest BCUT2D eigenvalue weighted by Crippen LogP contribution is -2.29. The van der Waals surface area contributed by atoms with Gasteiger partial charge in [0.2, 0.25) is 11.7 Å². The Kier molecular flexibility index (Phi) is 6.05. The number of hydrogen-bond acceptors (Lipinski definition) is 5. The van der Waals surface area contributed by atoms with Crippen LogP contribution in [0.2, 0.25) is 0 Å². The Morgan fingerprint density at radius 3 is 2.54 bits per heavy atom. The van der Waals surface area contributed by atoms with Crippen LogP contribution in [0.25, 0.3) is 11.4 Å². The smallest absolute Gasteiger partial charge is 0.465 e. The van der Waals surface area contributed by atoms with Crippen LogP contribution in [0.3, 0.4) is 0 Å². The van der Waals surface area contributed by atoms with Gasteiger partial charge in [0.1, 0.15) is 11.8 Å². The lowest BCUT2D eigenvalue weighted by atomic mass is 9.85. The zero-order valence-electron chi connectivity index (χ0n) is 14.9. The molecular weight excluding hydrogens is 379 g/mol. The summed E-state index contributed by atoms with van der Waals surface area (Å²) in [7, 11) is 0. The van der Waals surface area contributed by atoms with E-state index in [0.717, 1.165) is 37.8 Å². The highest BCUT2D eigenvalue weighted by Crippen LogP contribution is 2.32. The average Bonchev–Trinajstić information content (AvgIpc) is 3.11. The zero-order chi connectivity index (χ0) is 20.1. The molecule has 1 aromatic heterocycles. The van der Waals surface area contributed by atoms with E-state index in [1.165, 1.54) is 18.6 Å². The van der Waals surface area contributed by atoms with E-state index in [0.29, 0.717) is 17.9 Å². The van der Waals surface area contributed by atoms with Crippen LogP contribution in [0.4, 0.5) is 18.0 Å². The number of halogens is 3. The first-order valence-electron chi connectivity index (χ1n) is 8.99. The maximum Gasteiger partial charge on any atom is 0.573 e. The van der Waals surface area contributed by atoms with E-state index in [9.17, 15) is 18.0 Å². The number of aromatic nitrogens is 2. The van der Waals surface area contributed by atoms with Crippen molar-refractivity contribution >= 4 is 6.09 Å². The minimum atomic E-state index is -4.77. The number of nitrogens with one attached hydrogen (secondary N) is 1. The van der Waals surface area contributed by atoms with E-state index in [1.807, 2.05) is 0 Å². The molecule has 1 fully saturated rings. The zero-order valence-corrected chi connectivity index (χ0v) is 14.9. The molecule has 1 heterocycles. The summed E-state index contributed by atoms with van der Waals surface area (Å²) in [4.78, 5) is 15.4.